The predicted octanol–water partition coefficient (Wildman–Crippen LogP) is -11.9. The fourth-order valence-corrected chi connectivity index (χ4v) is 6.96. The van der Waals surface area contributed by atoms with Crippen LogP contribution in [0.25, 0.3) is 0 Å². The third kappa shape index (κ3) is 9.16. The van der Waals surface area contributed by atoms with Gasteiger partial charge in [-0.05, 0) is 0 Å². The molecule has 0 radical (unpaired) electrons. The molecule has 5 rings (SSSR count). The van der Waals surface area contributed by atoms with E-state index in [1.165, 1.54) is 0 Å². The van der Waals surface area contributed by atoms with Crippen molar-refractivity contribution in [2.45, 2.75) is 154 Å². The minimum Gasteiger partial charge on any atom is -0.394 e. The van der Waals surface area contributed by atoms with Crippen LogP contribution in [0.5, 0.6) is 0 Å². The van der Waals surface area contributed by atoms with Gasteiger partial charge in [0.15, 0.2) is 31.5 Å². The summed E-state index contributed by atoms with van der Waals surface area (Å²) in [7, 11) is 0. The quantitative estimate of drug-likeness (QED) is 0.0819. The lowest BCUT2D eigenvalue weighted by atomic mass is 9.96. The molecular weight excluding hydrogens is 776 g/mol. The Bertz CT molecular complexity index is 1200. The highest BCUT2D eigenvalue weighted by Gasteiger charge is 2.56. The second kappa shape index (κ2) is 19.6. The van der Waals surface area contributed by atoms with Crippen LogP contribution >= 0.6 is 0 Å². The molecule has 0 spiro atoms. The normalized spacial score (nSPS) is 53.2. The number of ether oxygens (including phenoxy) is 9. The molecule has 0 amide bonds. The summed E-state index contributed by atoms with van der Waals surface area (Å²) in [5.74, 6) is 0. The minimum atomic E-state index is -2.12. The van der Waals surface area contributed by atoms with E-state index in [0.29, 0.717) is 0 Å². The van der Waals surface area contributed by atoms with Gasteiger partial charge in [-0.1, -0.05) is 0 Å². The Labute approximate surface area is 316 Å². The van der Waals surface area contributed by atoms with Crippen molar-refractivity contribution in [3.8, 4) is 0 Å². The Balaban J connectivity index is 1.21. The molecule has 56 heavy (non-hydrogen) atoms. The molecule has 0 saturated carbocycles. The molecule has 328 valence electrons. The summed E-state index contributed by atoms with van der Waals surface area (Å²) in [6.45, 7) is -4.46. The van der Waals surface area contributed by atoms with Crippen LogP contribution in [0.3, 0.4) is 0 Å². The summed E-state index contributed by atoms with van der Waals surface area (Å²) in [6, 6.07) is 0. The Morgan fingerprint density at radius 3 is 0.714 bits per heavy atom. The standard InChI is InChI=1S/C30H52O26/c31-1-6-11(36)13(38)18(43)26(48-6)53-23-8(3-33)50-28(20(45)15(23)40)55-25-10(5-35)52-30(22(47)17(25)42)56-29-21(46)16(41)24(9(4-34)51-29)54-27-19(44)14(39)12(37)7(2-32)49-27/h6-47H,1-5H2/t6-,7-,8-,9-,10-,11-,12-,13+,14+,15-,16-,17-,18-,19-,20-,21-,22-,23-,24-,25-,26-,27-,28-,29-,30-/m1/s1. The lowest BCUT2D eigenvalue weighted by molar-refractivity contribution is -0.403. The lowest BCUT2D eigenvalue weighted by Gasteiger charge is -2.49. The average molecular weight is 829 g/mol. The van der Waals surface area contributed by atoms with E-state index in [1.54, 1.807) is 0 Å². The largest absolute Gasteiger partial charge is 0.394 e. The summed E-state index contributed by atoms with van der Waals surface area (Å²) < 4.78 is 49.1. The van der Waals surface area contributed by atoms with Gasteiger partial charge in [-0.15, -0.1) is 0 Å². The minimum absolute atomic E-state index is 0.809. The highest BCUT2D eigenvalue weighted by atomic mass is 16.8. The summed E-state index contributed by atoms with van der Waals surface area (Å²) >= 11 is 0. The number of hydrogen-bond acceptors (Lipinski definition) is 26. The van der Waals surface area contributed by atoms with Gasteiger partial charge in [0.05, 0.1) is 33.0 Å². The zero-order valence-corrected chi connectivity index (χ0v) is 29.2. The Morgan fingerprint density at radius 2 is 0.464 bits per heavy atom. The van der Waals surface area contributed by atoms with Gasteiger partial charge in [0, 0.05) is 0 Å². The van der Waals surface area contributed by atoms with E-state index in [-0.39, 0.29) is 0 Å². The van der Waals surface area contributed by atoms with Gasteiger partial charge < -0.3 is 129 Å². The summed E-state index contributed by atoms with van der Waals surface area (Å²) in [6.07, 6.45) is -45.7. The maximum absolute atomic E-state index is 11.0. The zero-order chi connectivity index (χ0) is 41.3. The monoisotopic (exact) mass is 828 g/mol. The molecule has 0 aromatic rings. The molecule has 0 aromatic heterocycles. The van der Waals surface area contributed by atoms with Crippen molar-refractivity contribution in [3.63, 3.8) is 0 Å². The number of aliphatic hydroxyl groups excluding tert-OH is 17. The van der Waals surface area contributed by atoms with Crippen molar-refractivity contribution >= 4 is 0 Å². The number of rotatable bonds is 13. The van der Waals surface area contributed by atoms with Crippen molar-refractivity contribution in [2.24, 2.45) is 0 Å². The fourth-order valence-electron chi connectivity index (χ4n) is 6.96. The Kier molecular flexibility index (Phi) is 16.1. The van der Waals surface area contributed by atoms with Gasteiger partial charge in [-0.2, -0.15) is 0 Å². The van der Waals surface area contributed by atoms with Crippen LogP contribution in [-0.2, 0) is 42.6 Å². The van der Waals surface area contributed by atoms with E-state index >= 15 is 0 Å². The third-order valence-corrected chi connectivity index (χ3v) is 10.3. The molecule has 17 N–H and O–H groups in total. The van der Waals surface area contributed by atoms with Crippen molar-refractivity contribution in [1.29, 1.82) is 0 Å². The first-order chi connectivity index (χ1) is 26.5. The molecule has 5 saturated heterocycles. The van der Waals surface area contributed by atoms with Gasteiger partial charge in [-0.3, -0.25) is 0 Å². The average Bonchev–Trinajstić information content (AvgIpc) is 3.19. The molecule has 5 aliphatic heterocycles. The van der Waals surface area contributed by atoms with Crippen LogP contribution in [0.15, 0.2) is 0 Å². The van der Waals surface area contributed by atoms with Crippen LogP contribution in [0.4, 0.5) is 0 Å². The van der Waals surface area contributed by atoms with Crippen molar-refractivity contribution in [2.75, 3.05) is 33.0 Å². The maximum Gasteiger partial charge on any atom is 0.189 e. The Hall–Kier alpha value is -1.04. The van der Waals surface area contributed by atoms with Crippen LogP contribution in [0, 0.1) is 0 Å². The smallest absolute Gasteiger partial charge is 0.189 e. The summed E-state index contributed by atoms with van der Waals surface area (Å²) in [4.78, 5) is 0. The predicted molar refractivity (Wildman–Crippen MR) is 167 cm³/mol. The number of aliphatic hydroxyl groups is 17. The Morgan fingerprint density at radius 1 is 0.250 bits per heavy atom. The summed E-state index contributed by atoms with van der Waals surface area (Å²) in [5, 5.41) is 175. The molecule has 25 atom stereocenters. The highest BCUT2D eigenvalue weighted by molar-refractivity contribution is 4.98. The fraction of sp³-hybridized carbons (Fsp3) is 1.00. The van der Waals surface area contributed by atoms with Crippen LogP contribution in [0.1, 0.15) is 0 Å². The molecule has 5 fully saturated rings. The van der Waals surface area contributed by atoms with Gasteiger partial charge in [-0.25, -0.2) is 0 Å². The van der Waals surface area contributed by atoms with E-state index < -0.39 is 187 Å². The SMILES string of the molecule is OC[C@H]1O[C@H](O[C@H]2[C@H](O)[C@@H](O)[C@@H](O[C@H]3O[C@H](CO)[C@@H](O[C@H]4O[C@H](CO)[C@@H](O[C@H]5O[C@H](CO)[C@@H](O)[C@H](O)[C@H]5O)[C@H](O)[C@H]4O)[C@H](O)[C@H]3O)O[C@@H]2CO)[C@H](O)[C@@H](O)[C@@H]1O. The molecule has 0 aliphatic carbocycles. The molecule has 5 aliphatic rings. The van der Waals surface area contributed by atoms with Gasteiger partial charge in [0.1, 0.15) is 122 Å². The van der Waals surface area contributed by atoms with E-state index in [1.807, 2.05) is 0 Å². The van der Waals surface area contributed by atoms with E-state index in [2.05, 4.69) is 0 Å². The highest BCUT2D eigenvalue weighted by Crippen LogP contribution is 2.35. The van der Waals surface area contributed by atoms with Crippen molar-refractivity contribution < 1.29 is 129 Å². The zero-order valence-electron chi connectivity index (χ0n) is 29.2. The second-order valence-corrected chi connectivity index (χ2v) is 14.0. The number of hydrogen-bond donors (Lipinski definition) is 17. The van der Waals surface area contributed by atoms with Crippen LogP contribution in [-0.4, -0.2) is 273 Å². The second-order valence-electron chi connectivity index (χ2n) is 14.0. The van der Waals surface area contributed by atoms with Gasteiger partial charge >= 0.3 is 0 Å². The van der Waals surface area contributed by atoms with Crippen LogP contribution < -0.4 is 0 Å². The molecule has 0 aromatic carbocycles. The summed E-state index contributed by atoms with van der Waals surface area (Å²) in [5.41, 5.74) is 0. The van der Waals surface area contributed by atoms with Crippen LogP contribution in [0.2, 0.25) is 0 Å². The van der Waals surface area contributed by atoms with E-state index in [4.69, 9.17) is 42.6 Å². The van der Waals surface area contributed by atoms with Crippen molar-refractivity contribution in [1.82, 2.24) is 0 Å². The molecule has 5 heterocycles. The molecule has 26 heteroatoms. The first-order valence-electron chi connectivity index (χ1n) is 17.6. The molecular formula is C30H52O26. The van der Waals surface area contributed by atoms with E-state index in [0.717, 1.165) is 0 Å². The molecule has 0 unspecified atom stereocenters. The van der Waals surface area contributed by atoms with Gasteiger partial charge in [0.2, 0.25) is 0 Å². The lowest BCUT2D eigenvalue weighted by Crippen LogP contribution is -2.67. The first-order valence-corrected chi connectivity index (χ1v) is 17.6. The maximum atomic E-state index is 11.0. The molecule has 26 nitrogen and oxygen atoms in total. The van der Waals surface area contributed by atoms with E-state index in [9.17, 15) is 86.8 Å². The van der Waals surface area contributed by atoms with Crippen molar-refractivity contribution in [3.05, 3.63) is 0 Å². The molecule has 0 bridgehead atoms. The first kappa shape index (κ1) is 46.0. The topological polar surface area (TPSA) is 427 Å². The third-order valence-electron chi connectivity index (χ3n) is 10.3. The van der Waals surface area contributed by atoms with Gasteiger partial charge in [0.25, 0.3) is 0 Å².